The van der Waals surface area contributed by atoms with E-state index in [1.807, 2.05) is 18.2 Å². The summed E-state index contributed by atoms with van der Waals surface area (Å²) >= 11 is 0. The Morgan fingerprint density at radius 3 is 2.71 bits per heavy atom. The lowest BCUT2D eigenvalue weighted by molar-refractivity contribution is -0.384. The number of carbonyl (C=O) groups excluding carboxylic acids is 1. The number of carbonyl (C=O) groups is 1. The van der Waals surface area contributed by atoms with Gasteiger partial charge in [-0.2, -0.15) is 0 Å². The molecule has 0 heterocycles. The summed E-state index contributed by atoms with van der Waals surface area (Å²) in [5.74, 6) is 0.376. The maximum absolute atomic E-state index is 12.1. The molecular formula is C18H17NO5. The standard InChI is InChI=1S/C18H17NO5/c1-23-10-11-24-17-7-2-4-14(12-17)8-9-18(20)15-5-3-6-16(13-15)19(21)22/h2-9,12-13H,10-11H2,1H3/b9-8+. The van der Waals surface area contributed by atoms with E-state index in [0.29, 0.717) is 19.0 Å². The van der Waals surface area contributed by atoms with Gasteiger partial charge in [-0.3, -0.25) is 14.9 Å². The van der Waals surface area contributed by atoms with Crippen molar-refractivity contribution in [3.8, 4) is 5.75 Å². The molecule has 0 aliphatic heterocycles. The summed E-state index contributed by atoms with van der Waals surface area (Å²) in [6.45, 7) is 0.932. The van der Waals surface area contributed by atoms with E-state index in [1.165, 1.54) is 24.3 Å². The summed E-state index contributed by atoms with van der Waals surface area (Å²) in [6.07, 6.45) is 3.03. The largest absolute Gasteiger partial charge is 0.491 e. The van der Waals surface area contributed by atoms with Crippen LogP contribution >= 0.6 is 0 Å². The zero-order chi connectivity index (χ0) is 17.4. The van der Waals surface area contributed by atoms with Crippen LogP contribution in [-0.4, -0.2) is 31.0 Å². The lowest BCUT2D eigenvalue weighted by Crippen LogP contribution is -2.04. The molecule has 0 bridgehead atoms. The molecule has 6 heteroatoms. The van der Waals surface area contributed by atoms with Crippen molar-refractivity contribution in [2.45, 2.75) is 0 Å². The highest BCUT2D eigenvalue weighted by atomic mass is 16.6. The Labute approximate surface area is 139 Å². The van der Waals surface area contributed by atoms with Crippen molar-refractivity contribution in [2.24, 2.45) is 0 Å². The zero-order valence-corrected chi connectivity index (χ0v) is 13.2. The number of rotatable bonds is 8. The first-order chi connectivity index (χ1) is 11.6. The minimum absolute atomic E-state index is 0.109. The summed E-state index contributed by atoms with van der Waals surface area (Å²) in [5, 5.41) is 10.8. The molecule has 0 aliphatic rings. The summed E-state index contributed by atoms with van der Waals surface area (Å²) in [4.78, 5) is 22.4. The van der Waals surface area contributed by atoms with Crippen molar-refractivity contribution in [2.75, 3.05) is 20.3 Å². The molecule has 0 radical (unpaired) electrons. The molecule has 0 N–H and O–H groups in total. The fraction of sp³-hybridized carbons (Fsp3) is 0.167. The predicted molar refractivity (Wildman–Crippen MR) is 90.3 cm³/mol. The number of nitro groups is 1. The lowest BCUT2D eigenvalue weighted by atomic mass is 10.1. The second-order valence-corrected chi connectivity index (χ2v) is 4.92. The molecule has 2 aromatic carbocycles. The van der Waals surface area contributed by atoms with Crippen molar-refractivity contribution in [1.82, 2.24) is 0 Å². The molecule has 0 unspecified atom stereocenters. The third-order valence-electron chi connectivity index (χ3n) is 3.18. The van der Waals surface area contributed by atoms with E-state index in [9.17, 15) is 14.9 Å². The highest BCUT2D eigenvalue weighted by molar-refractivity contribution is 6.07. The van der Waals surface area contributed by atoms with E-state index in [2.05, 4.69) is 0 Å². The molecule has 2 aromatic rings. The fourth-order valence-electron chi connectivity index (χ4n) is 1.99. The van der Waals surface area contributed by atoms with E-state index >= 15 is 0 Å². The van der Waals surface area contributed by atoms with Gasteiger partial charge in [0.15, 0.2) is 5.78 Å². The summed E-state index contributed by atoms with van der Waals surface area (Å²) in [6, 6.07) is 12.9. The number of nitro benzene ring substituents is 1. The van der Waals surface area contributed by atoms with E-state index in [-0.39, 0.29) is 17.0 Å². The highest BCUT2D eigenvalue weighted by Crippen LogP contribution is 2.16. The van der Waals surface area contributed by atoms with Crippen LogP contribution in [0.4, 0.5) is 5.69 Å². The van der Waals surface area contributed by atoms with E-state index in [0.717, 1.165) is 5.56 Å². The Morgan fingerprint density at radius 1 is 1.17 bits per heavy atom. The summed E-state index contributed by atoms with van der Waals surface area (Å²) in [5.41, 5.74) is 0.958. The number of methoxy groups -OCH3 is 1. The van der Waals surface area contributed by atoms with Crippen molar-refractivity contribution < 1.29 is 19.2 Å². The number of hydrogen-bond donors (Lipinski definition) is 0. The van der Waals surface area contributed by atoms with Gasteiger partial charge >= 0.3 is 0 Å². The van der Waals surface area contributed by atoms with Crippen molar-refractivity contribution >= 4 is 17.5 Å². The Kier molecular flexibility index (Phi) is 6.22. The van der Waals surface area contributed by atoms with Gasteiger partial charge in [-0.05, 0) is 23.8 Å². The SMILES string of the molecule is COCCOc1cccc(/C=C/C(=O)c2cccc([N+](=O)[O-])c2)c1. The van der Waals surface area contributed by atoms with Gasteiger partial charge in [-0.25, -0.2) is 0 Å². The van der Waals surface area contributed by atoms with Crippen molar-refractivity contribution in [1.29, 1.82) is 0 Å². The van der Waals surface area contributed by atoms with Gasteiger partial charge < -0.3 is 9.47 Å². The average Bonchev–Trinajstić information content (AvgIpc) is 2.60. The highest BCUT2D eigenvalue weighted by Gasteiger charge is 2.09. The number of allylic oxidation sites excluding steroid dienone is 1. The molecule has 0 atom stereocenters. The number of nitrogens with zero attached hydrogens (tertiary/aromatic N) is 1. The summed E-state index contributed by atoms with van der Waals surface area (Å²) < 4.78 is 10.4. The van der Waals surface area contributed by atoms with Crippen LogP contribution in [0.1, 0.15) is 15.9 Å². The Hall–Kier alpha value is -2.99. The van der Waals surface area contributed by atoms with Crippen molar-refractivity contribution in [3.05, 3.63) is 75.8 Å². The third kappa shape index (κ3) is 5.03. The van der Waals surface area contributed by atoms with Crippen LogP contribution < -0.4 is 4.74 Å². The Bertz CT molecular complexity index is 755. The normalized spacial score (nSPS) is 10.7. The number of non-ortho nitro benzene ring substituents is 1. The van der Waals surface area contributed by atoms with Gasteiger partial charge in [0, 0.05) is 24.8 Å². The molecular weight excluding hydrogens is 310 g/mol. The van der Waals surface area contributed by atoms with Gasteiger partial charge in [-0.15, -0.1) is 0 Å². The van der Waals surface area contributed by atoms with E-state index in [1.54, 1.807) is 25.3 Å². The van der Waals surface area contributed by atoms with Gasteiger partial charge in [0.1, 0.15) is 12.4 Å². The van der Waals surface area contributed by atoms with Crippen LogP contribution in [0.2, 0.25) is 0 Å². The van der Waals surface area contributed by atoms with Crippen LogP contribution in [0.25, 0.3) is 6.08 Å². The van der Waals surface area contributed by atoms with Crippen LogP contribution in [0.15, 0.2) is 54.6 Å². The van der Waals surface area contributed by atoms with Gasteiger partial charge in [0.05, 0.1) is 11.5 Å². The molecule has 0 spiro atoms. The first-order valence-corrected chi connectivity index (χ1v) is 7.29. The predicted octanol–water partition coefficient (Wildman–Crippen LogP) is 3.52. The van der Waals surface area contributed by atoms with Crippen LogP contribution in [0, 0.1) is 10.1 Å². The van der Waals surface area contributed by atoms with Crippen LogP contribution in [0.5, 0.6) is 5.75 Å². The van der Waals surface area contributed by atoms with Gasteiger partial charge in [0.2, 0.25) is 0 Å². The molecule has 0 aliphatic carbocycles. The molecule has 124 valence electrons. The molecule has 0 fully saturated rings. The molecule has 0 aromatic heterocycles. The maximum Gasteiger partial charge on any atom is 0.270 e. The van der Waals surface area contributed by atoms with Crippen LogP contribution in [0.3, 0.4) is 0 Å². The van der Waals surface area contributed by atoms with Crippen molar-refractivity contribution in [3.63, 3.8) is 0 Å². The monoisotopic (exact) mass is 327 g/mol. The Balaban J connectivity index is 2.07. The number of benzene rings is 2. The maximum atomic E-state index is 12.1. The van der Waals surface area contributed by atoms with E-state index in [4.69, 9.17) is 9.47 Å². The van der Waals surface area contributed by atoms with Crippen LogP contribution in [-0.2, 0) is 4.74 Å². The van der Waals surface area contributed by atoms with Gasteiger partial charge in [0.25, 0.3) is 5.69 Å². The number of ether oxygens (including phenoxy) is 2. The molecule has 24 heavy (non-hydrogen) atoms. The minimum Gasteiger partial charge on any atom is -0.491 e. The first kappa shape index (κ1) is 17.4. The smallest absolute Gasteiger partial charge is 0.270 e. The second-order valence-electron chi connectivity index (χ2n) is 4.92. The second kappa shape index (κ2) is 8.59. The zero-order valence-electron chi connectivity index (χ0n) is 13.2. The van der Waals surface area contributed by atoms with Gasteiger partial charge in [-0.1, -0.05) is 30.3 Å². The third-order valence-corrected chi connectivity index (χ3v) is 3.18. The topological polar surface area (TPSA) is 78.7 Å². The molecule has 2 rings (SSSR count). The summed E-state index contributed by atoms with van der Waals surface area (Å²) in [7, 11) is 1.60. The Morgan fingerprint density at radius 2 is 1.96 bits per heavy atom. The fourth-order valence-corrected chi connectivity index (χ4v) is 1.99. The lowest BCUT2D eigenvalue weighted by Gasteiger charge is -2.05. The molecule has 0 saturated carbocycles. The molecule has 0 saturated heterocycles. The quantitative estimate of drug-likeness (QED) is 0.244. The van der Waals surface area contributed by atoms with E-state index < -0.39 is 4.92 Å². The molecule has 0 amide bonds. The molecule has 6 nitrogen and oxygen atoms in total. The average molecular weight is 327 g/mol. The number of hydrogen-bond acceptors (Lipinski definition) is 5. The number of ketones is 1. The minimum atomic E-state index is -0.526. The first-order valence-electron chi connectivity index (χ1n) is 7.29.